The number of aromatic nitrogens is 1. The molecule has 0 bridgehead atoms. The zero-order valence-corrected chi connectivity index (χ0v) is 14.7. The molecule has 1 aliphatic carbocycles. The number of nitrogens with zero attached hydrogens (tertiary/aromatic N) is 1. The largest absolute Gasteiger partial charge is 0.264 e. The van der Waals surface area contributed by atoms with Gasteiger partial charge in [0.2, 0.25) is 0 Å². The number of hydrogen-bond donors (Lipinski definition) is 1. The van der Waals surface area contributed by atoms with Crippen LogP contribution < -0.4 is 4.72 Å². The summed E-state index contributed by atoms with van der Waals surface area (Å²) in [4.78, 5) is 5.87. The Bertz CT molecular complexity index is 761. The fraction of sp³-hybridized carbons (Fsp3) is 0.357. The maximum absolute atomic E-state index is 12.5. The predicted octanol–water partition coefficient (Wildman–Crippen LogP) is 3.89. The number of hydrogen-bond acceptors (Lipinski definition) is 4. The summed E-state index contributed by atoms with van der Waals surface area (Å²) in [5, 5.41) is 0.467. The summed E-state index contributed by atoms with van der Waals surface area (Å²) in [6.45, 7) is 1.92. The summed E-state index contributed by atoms with van der Waals surface area (Å²) in [5.41, 5.74) is 2.05. The highest BCUT2D eigenvalue weighted by atomic mass is 79.9. The second-order valence-corrected chi connectivity index (χ2v) is 8.72. The molecule has 0 atom stereocenters. The molecule has 0 spiro atoms. The Balaban J connectivity index is 1.90. The van der Waals surface area contributed by atoms with Gasteiger partial charge in [0.25, 0.3) is 10.0 Å². The molecule has 0 saturated heterocycles. The maximum atomic E-state index is 12.5. The molecule has 1 aromatic heterocycles. The molecule has 21 heavy (non-hydrogen) atoms. The van der Waals surface area contributed by atoms with Crippen LogP contribution in [0.1, 0.15) is 29.0 Å². The zero-order chi connectivity index (χ0) is 15.0. The van der Waals surface area contributed by atoms with Crippen molar-refractivity contribution in [2.75, 3.05) is 4.72 Å². The second kappa shape index (κ2) is 5.70. The first-order valence-electron chi connectivity index (χ1n) is 6.73. The van der Waals surface area contributed by atoms with Gasteiger partial charge in [0.05, 0.1) is 5.69 Å². The van der Waals surface area contributed by atoms with Gasteiger partial charge in [0, 0.05) is 9.35 Å². The fourth-order valence-electron chi connectivity index (χ4n) is 2.39. The van der Waals surface area contributed by atoms with Gasteiger partial charge >= 0.3 is 0 Å². The SMILES string of the molecule is Cc1ccc(S(=O)(=O)Nc2nc3c(s2)CCCC3)c(Br)c1. The minimum atomic E-state index is -3.61. The number of halogens is 1. The lowest BCUT2D eigenvalue weighted by Crippen LogP contribution is -2.13. The van der Waals surface area contributed by atoms with Gasteiger partial charge in [-0.1, -0.05) is 6.07 Å². The highest BCUT2D eigenvalue weighted by molar-refractivity contribution is 9.10. The second-order valence-electron chi connectivity index (χ2n) is 5.14. The molecule has 1 N–H and O–H groups in total. The van der Waals surface area contributed by atoms with E-state index in [-0.39, 0.29) is 4.90 Å². The third-order valence-corrected chi connectivity index (χ3v) is 6.96. The van der Waals surface area contributed by atoms with Crippen LogP contribution in [0.4, 0.5) is 5.13 Å². The van der Waals surface area contributed by atoms with Crippen molar-refractivity contribution in [2.24, 2.45) is 0 Å². The molecule has 0 radical (unpaired) electrons. The summed E-state index contributed by atoms with van der Waals surface area (Å²) in [5.74, 6) is 0. The molecule has 3 rings (SSSR count). The number of aryl methyl sites for hydroxylation is 3. The molecule has 7 heteroatoms. The van der Waals surface area contributed by atoms with E-state index in [0.29, 0.717) is 9.60 Å². The van der Waals surface area contributed by atoms with Crippen molar-refractivity contribution in [3.05, 3.63) is 38.8 Å². The Hall–Kier alpha value is -0.920. The van der Waals surface area contributed by atoms with E-state index in [1.807, 2.05) is 6.92 Å². The van der Waals surface area contributed by atoms with E-state index in [9.17, 15) is 8.42 Å². The molecule has 2 aromatic rings. The number of benzene rings is 1. The Labute approximate surface area is 136 Å². The average molecular weight is 387 g/mol. The van der Waals surface area contributed by atoms with Gasteiger partial charge in [-0.25, -0.2) is 13.4 Å². The Kier molecular flexibility index (Phi) is 4.07. The average Bonchev–Trinajstić information content (AvgIpc) is 2.79. The summed E-state index contributed by atoms with van der Waals surface area (Å²) in [7, 11) is -3.61. The first-order chi connectivity index (χ1) is 9.95. The van der Waals surface area contributed by atoms with Gasteiger partial charge in [-0.05, 0) is 66.2 Å². The number of anilines is 1. The van der Waals surface area contributed by atoms with Crippen molar-refractivity contribution in [1.29, 1.82) is 0 Å². The van der Waals surface area contributed by atoms with Crippen LogP contribution in [0.5, 0.6) is 0 Å². The van der Waals surface area contributed by atoms with Crippen LogP contribution in [-0.4, -0.2) is 13.4 Å². The minimum Gasteiger partial charge on any atom is -0.255 e. The maximum Gasteiger partial charge on any atom is 0.264 e. The van der Waals surface area contributed by atoms with Crippen molar-refractivity contribution in [2.45, 2.75) is 37.5 Å². The van der Waals surface area contributed by atoms with E-state index in [1.54, 1.807) is 18.2 Å². The molecule has 112 valence electrons. The minimum absolute atomic E-state index is 0.237. The molecular weight excluding hydrogens is 372 g/mol. The van der Waals surface area contributed by atoms with E-state index >= 15 is 0 Å². The van der Waals surface area contributed by atoms with Gasteiger partial charge < -0.3 is 0 Å². The number of nitrogens with one attached hydrogen (secondary N) is 1. The monoisotopic (exact) mass is 386 g/mol. The Morgan fingerprint density at radius 2 is 2.05 bits per heavy atom. The summed E-state index contributed by atoms with van der Waals surface area (Å²) in [6, 6.07) is 5.18. The van der Waals surface area contributed by atoms with Crippen molar-refractivity contribution < 1.29 is 8.42 Å². The molecule has 0 aliphatic heterocycles. The number of rotatable bonds is 3. The molecule has 1 heterocycles. The van der Waals surface area contributed by atoms with E-state index in [2.05, 4.69) is 25.6 Å². The van der Waals surface area contributed by atoms with Gasteiger partial charge in [0.15, 0.2) is 5.13 Å². The van der Waals surface area contributed by atoms with Crippen molar-refractivity contribution in [1.82, 2.24) is 4.98 Å². The topological polar surface area (TPSA) is 59.1 Å². The van der Waals surface area contributed by atoms with Crippen LogP contribution in [0, 0.1) is 6.92 Å². The number of sulfonamides is 1. The molecule has 4 nitrogen and oxygen atoms in total. The van der Waals surface area contributed by atoms with Gasteiger partial charge in [-0.2, -0.15) is 0 Å². The van der Waals surface area contributed by atoms with Gasteiger partial charge in [0.1, 0.15) is 4.90 Å². The van der Waals surface area contributed by atoms with E-state index in [1.165, 1.54) is 16.2 Å². The molecular formula is C14H15BrN2O2S2. The summed E-state index contributed by atoms with van der Waals surface area (Å²) < 4.78 is 28.1. The van der Waals surface area contributed by atoms with Gasteiger partial charge in [-0.15, -0.1) is 11.3 Å². The highest BCUT2D eigenvalue weighted by Gasteiger charge is 2.21. The van der Waals surface area contributed by atoms with Crippen LogP contribution in [0.25, 0.3) is 0 Å². The van der Waals surface area contributed by atoms with Crippen molar-refractivity contribution in [3.63, 3.8) is 0 Å². The van der Waals surface area contributed by atoms with Crippen LogP contribution >= 0.6 is 27.3 Å². The summed E-state index contributed by atoms with van der Waals surface area (Å²) in [6.07, 6.45) is 4.24. The van der Waals surface area contributed by atoms with Crippen molar-refractivity contribution in [3.8, 4) is 0 Å². The van der Waals surface area contributed by atoms with Gasteiger partial charge in [-0.3, -0.25) is 4.72 Å². The number of thiazole rings is 1. The standard InChI is InChI=1S/C14H15BrN2O2S2/c1-9-6-7-13(10(15)8-9)21(18,19)17-14-16-11-4-2-3-5-12(11)20-14/h6-8H,2-5H2,1H3,(H,16,17). The van der Waals surface area contributed by atoms with E-state index in [0.717, 1.165) is 36.9 Å². The number of fused-ring (bicyclic) bond motifs is 1. The molecule has 0 saturated carbocycles. The van der Waals surface area contributed by atoms with E-state index < -0.39 is 10.0 Å². The lowest BCUT2D eigenvalue weighted by Gasteiger charge is -2.07. The Morgan fingerprint density at radius 3 is 2.76 bits per heavy atom. The fourth-order valence-corrected chi connectivity index (χ4v) is 5.87. The van der Waals surface area contributed by atoms with E-state index in [4.69, 9.17) is 0 Å². The van der Waals surface area contributed by atoms with Crippen LogP contribution in [0.3, 0.4) is 0 Å². The summed E-state index contributed by atoms with van der Waals surface area (Å²) >= 11 is 4.77. The molecule has 0 amide bonds. The zero-order valence-electron chi connectivity index (χ0n) is 11.5. The molecule has 0 fully saturated rings. The highest BCUT2D eigenvalue weighted by Crippen LogP contribution is 2.32. The molecule has 0 unspecified atom stereocenters. The first kappa shape index (κ1) is 15.0. The lowest BCUT2D eigenvalue weighted by molar-refractivity contribution is 0.600. The normalized spacial score (nSPS) is 14.8. The van der Waals surface area contributed by atoms with Crippen LogP contribution in [0.15, 0.2) is 27.6 Å². The third-order valence-electron chi connectivity index (χ3n) is 3.44. The predicted molar refractivity (Wildman–Crippen MR) is 88.4 cm³/mol. The first-order valence-corrected chi connectivity index (χ1v) is 9.82. The quantitative estimate of drug-likeness (QED) is 0.869. The lowest BCUT2D eigenvalue weighted by atomic mass is 10.0. The molecule has 1 aromatic carbocycles. The van der Waals surface area contributed by atoms with Crippen molar-refractivity contribution >= 4 is 42.4 Å². The van der Waals surface area contributed by atoms with Crippen LogP contribution in [0.2, 0.25) is 0 Å². The van der Waals surface area contributed by atoms with Crippen LogP contribution in [-0.2, 0) is 22.9 Å². The smallest absolute Gasteiger partial charge is 0.255 e. The third kappa shape index (κ3) is 3.14. The molecule has 1 aliphatic rings. The Morgan fingerprint density at radius 1 is 1.29 bits per heavy atom.